The zero-order chi connectivity index (χ0) is 17.5. The van der Waals surface area contributed by atoms with E-state index < -0.39 is 0 Å². The van der Waals surface area contributed by atoms with Crippen LogP contribution in [0, 0.1) is 0 Å². The molecule has 2 aromatic rings. The summed E-state index contributed by atoms with van der Waals surface area (Å²) < 4.78 is 0. The minimum atomic E-state index is 0.937. The van der Waals surface area contributed by atoms with E-state index in [0.29, 0.717) is 0 Å². The molecule has 4 heteroatoms. The van der Waals surface area contributed by atoms with E-state index >= 15 is 0 Å². The molecule has 4 nitrogen and oxygen atoms in total. The summed E-state index contributed by atoms with van der Waals surface area (Å²) in [4.78, 5) is 4.73. The van der Waals surface area contributed by atoms with Crippen molar-refractivity contribution in [2.45, 2.75) is 13.5 Å². The Hall–Kier alpha value is -2.33. The molecule has 1 saturated heterocycles. The van der Waals surface area contributed by atoms with E-state index in [1.54, 1.807) is 0 Å². The molecule has 1 heterocycles. The second kappa shape index (κ2) is 8.67. The maximum atomic E-state index is 4.62. The van der Waals surface area contributed by atoms with Crippen molar-refractivity contribution in [2.75, 3.05) is 44.7 Å². The molecule has 0 N–H and O–H groups in total. The Labute approximate surface area is 151 Å². The first-order chi connectivity index (χ1) is 12.2. The van der Waals surface area contributed by atoms with Gasteiger partial charge in [0.1, 0.15) is 0 Å². The van der Waals surface area contributed by atoms with Crippen molar-refractivity contribution in [3.05, 3.63) is 65.7 Å². The topological polar surface area (TPSA) is 22.1 Å². The van der Waals surface area contributed by atoms with Gasteiger partial charge in [0.25, 0.3) is 0 Å². The third-order valence-corrected chi connectivity index (χ3v) is 4.71. The lowest BCUT2D eigenvalue weighted by Crippen LogP contribution is -2.41. The molecule has 25 heavy (non-hydrogen) atoms. The van der Waals surface area contributed by atoms with Crippen molar-refractivity contribution in [1.29, 1.82) is 0 Å². The van der Waals surface area contributed by atoms with Gasteiger partial charge in [0.05, 0.1) is 6.21 Å². The van der Waals surface area contributed by atoms with E-state index in [1.165, 1.54) is 11.3 Å². The molecular weight excluding hydrogens is 308 g/mol. The molecule has 3 rings (SSSR count). The van der Waals surface area contributed by atoms with E-state index in [2.05, 4.69) is 88.5 Å². The molecule has 0 amide bonds. The quantitative estimate of drug-likeness (QED) is 0.756. The monoisotopic (exact) mass is 336 g/mol. The second-order valence-corrected chi connectivity index (χ2v) is 6.59. The van der Waals surface area contributed by atoms with E-state index in [4.69, 9.17) is 0 Å². The van der Waals surface area contributed by atoms with E-state index in [0.717, 1.165) is 44.8 Å². The third-order valence-electron chi connectivity index (χ3n) is 4.71. The third kappa shape index (κ3) is 5.07. The first kappa shape index (κ1) is 17.5. The van der Waals surface area contributed by atoms with Gasteiger partial charge in [-0.2, -0.15) is 5.10 Å². The van der Waals surface area contributed by atoms with Gasteiger partial charge in [-0.15, -0.1) is 0 Å². The van der Waals surface area contributed by atoms with Crippen LogP contribution in [0.1, 0.15) is 18.1 Å². The highest BCUT2D eigenvalue weighted by molar-refractivity contribution is 5.80. The number of hydrogen-bond acceptors (Lipinski definition) is 4. The molecule has 0 radical (unpaired) electrons. The molecule has 1 aliphatic rings. The first-order valence-corrected chi connectivity index (χ1v) is 9.11. The molecule has 0 bridgehead atoms. The average molecular weight is 336 g/mol. The van der Waals surface area contributed by atoms with Crippen molar-refractivity contribution < 1.29 is 0 Å². The SMILES string of the molecule is CCN(Cc1ccccc1)c1ccc(/C=N/N2CCN(C)CC2)cc1. The van der Waals surface area contributed by atoms with E-state index in [9.17, 15) is 0 Å². The molecular formula is C21H28N4. The molecule has 0 aromatic heterocycles. The zero-order valence-electron chi connectivity index (χ0n) is 15.3. The number of benzene rings is 2. The summed E-state index contributed by atoms with van der Waals surface area (Å²) in [5.41, 5.74) is 3.74. The molecule has 1 aliphatic heterocycles. The summed E-state index contributed by atoms with van der Waals surface area (Å²) in [6.07, 6.45) is 1.97. The molecule has 0 unspecified atom stereocenters. The Bertz CT molecular complexity index is 658. The van der Waals surface area contributed by atoms with Gasteiger partial charge in [-0.05, 0) is 37.2 Å². The lowest BCUT2D eigenvalue weighted by atomic mass is 10.1. The predicted molar refractivity (Wildman–Crippen MR) is 106 cm³/mol. The number of hydrogen-bond donors (Lipinski definition) is 0. The lowest BCUT2D eigenvalue weighted by Gasteiger charge is -2.30. The lowest BCUT2D eigenvalue weighted by molar-refractivity contribution is 0.159. The number of piperazine rings is 1. The zero-order valence-corrected chi connectivity index (χ0v) is 15.3. The number of anilines is 1. The Morgan fingerprint density at radius 2 is 1.64 bits per heavy atom. The van der Waals surface area contributed by atoms with Crippen molar-refractivity contribution in [1.82, 2.24) is 9.91 Å². The van der Waals surface area contributed by atoms with Crippen molar-refractivity contribution in [2.24, 2.45) is 5.10 Å². The van der Waals surface area contributed by atoms with Gasteiger partial charge in [0, 0.05) is 45.0 Å². The summed E-state index contributed by atoms with van der Waals surface area (Å²) in [6, 6.07) is 19.3. The highest BCUT2D eigenvalue weighted by Gasteiger charge is 2.10. The maximum Gasteiger partial charge on any atom is 0.0542 e. The second-order valence-electron chi connectivity index (χ2n) is 6.59. The van der Waals surface area contributed by atoms with Gasteiger partial charge in [0.15, 0.2) is 0 Å². The Morgan fingerprint density at radius 3 is 2.28 bits per heavy atom. The average Bonchev–Trinajstić information content (AvgIpc) is 2.67. The highest BCUT2D eigenvalue weighted by atomic mass is 15.5. The van der Waals surface area contributed by atoms with Crippen LogP contribution in [-0.4, -0.2) is 55.9 Å². The molecule has 2 aromatic carbocycles. The largest absolute Gasteiger partial charge is 0.367 e. The highest BCUT2D eigenvalue weighted by Crippen LogP contribution is 2.17. The van der Waals surface area contributed by atoms with Gasteiger partial charge >= 0.3 is 0 Å². The number of nitrogens with zero attached hydrogens (tertiary/aromatic N) is 4. The normalized spacial score (nSPS) is 15.7. The standard InChI is InChI=1S/C21H28N4/c1-3-24(18-20-7-5-4-6-8-20)21-11-9-19(10-12-21)17-22-25-15-13-23(2)14-16-25/h4-12,17H,3,13-16,18H2,1-2H3/b22-17+. The summed E-state index contributed by atoms with van der Waals surface area (Å²) in [6.45, 7) is 8.31. The van der Waals surface area contributed by atoms with Crippen molar-refractivity contribution >= 4 is 11.9 Å². The molecule has 0 aliphatic carbocycles. The van der Waals surface area contributed by atoms with Crippen LogP contribution in [0.4, 0.5) is 5.69 Å². The van der Waals surface area contributed by atoms with Crippen LogP contribution < -0.4 is 4.90 Å². The molecule has 1 fully saturated rings. The summed E-state index contributed by atoms with van der Waals surface area (Å²) in [7, 11) is 2.16. The summed E-state index contributed by atoms with van der Waals surface area (Å²) >= 11 is 0. The number of hydrazone groups is 1. The fraction of sp³-hybridized carbons (Fsp3) is 0.381. The van der Waals surface area contributed by atoms with Gasteiger partial charge in [-0.1, -0.05) is 42.5 Å². The van der Waals surface area contributed by atoms with Crippen molar-refractivity contribution in [3.63, 3.8) is 0 Å². The summed E-state index contributed by atoms with van der Waals surface area (Å²) in [5.74, 6) is 0. The fourth-order valence-corrected chi connectivity index (χ4v) is 3.02. The van der Waals surface area contributed by atoms with Crippen LogP contribution in [0.25, 0.3) is 0 Å². The predicted octanol–water partition coefficient (Wildman–Crippen LogP) is 3.29. The van der Waals surface area contributed by atoms with Crippen LogP contribution >= 0.6 is 0 Å². The summed E-state index contributed by atoms with van der Waals surface area (Å²) in [5, 5.41) is 6.77. The number of likely N-dealkylation sites (N-methyl/N-ethyl adjacent to an activating group) is 1. The molecule has 0 atom stereocenters. The Morgan fingerprint density at radius 1 is 0.960 bits per heavy atom. The van der Waals surface area contributed by atoms with Crippen molar-refractivity contribution in [3.8, 4) is 0 Å². The maximum absolute atomic E-state index is 4.62. The minimum Gasteiger partial charge on any atom is -0.367 e. The van der Waals surface area contributed by atoms with Gasteiger partial charge in [-0.25, -0.2) is 0 Å². The van der Waals surface area contributed by atoms with E-state index in [-0.39, 0.29) is 0 Å². The van der Waals surface area contributed by atoms with Gasteiger partial charge in [-0.3, -0.25) is 5.01 Å². The Kier molecular flexibility index (Phi) is 6.07. The van der Waals surface area contributed by atoms with E-state index in [1.807, 2.05) is 6.21 Å². The first-order valence-electron chi connectivity index (χ1n) is 9.11. The van der Waals surface area contributed by atoms with Crippen LogP contribution in [0.5, 0.6) is 0 Å². The molecule has 0 spiro atoms. The molecule has 0 saturated carbocycles. The number of rotatable bonds is 6. The minimum absolute atomic E-state index is 0.937. The van der Waals surface area contributed by atoms with Gasteiger partial charge in [0.2, 0.25) is 0 Å². The van der Waals surface area contributed by atoms with Crippen LogP contribution in [0.3, 0.4) is 0 Å². The van der Waals surface area contributed by atoms with Crippen LogP contribution in [0.15, 0.2) is 59.7 Å². The van der Waals surface area contributed by atoms with Gasteiger partial charge < -0.3 is 9.80 Å². The molecule has 132 valence electrons. The Balaban J connectivity index is 1.60. The smallest absolute Gasteiger partial charge is 0.0542 e. The van der Waals surface area contributed by atoms with Crippen LogP contribution in [-0.2, 0) is 6.54 Å². The fourth-order valence-electron chi connectivity index (χ4n) is 3.02. The van der Waals surface area contributed by atoms with Crippen LogP contribution in [0.2, 0.25) is 0 Å².